The van der Waals surface area contributed by atoms with E-state index >= 15 is 0 Å². The molecule has 0 saturated carbocycles. The summed E-state index contributed by atoms with van der Waals surface area (Å²) in [5.74, 6) is -0.320. The summed E-state index contributed by atoms with van der Waals surface area (Å²) < 4.78 is 41.6. The van der Waals surface area contributed by atoms with Gasteiger partial charge in [0.15, 0.2) is 6.10 Å². The monoisotopic (exact) mass is 240 g/mol. The number of hydrogen-bond acceptors (Lipinski definition) is 3. The van der Waals surface area contributed by atoms with Gasteiger partial charge in [0.2, 0.25) is 5.91 Å². The summed E-state index contributed by atoms with van der Waals surface area (Å²) in [7, 11) is 0. The van der Waals surface area contributed by atoms with Gasteiger partial charge in [-0.1, -0.05) is 6.92 Å². The number of amides is 1. The van der Waals surface area contributed by atoms with Crippen LogP contribution in [-0.2, 0) is 9.53 Å². The molecule has 0 aromatic rings. The molecule has 0 aromatic carbocycles. The van der Waals surface area contributed by atoms with Crippen LogP contribution in [0.15, 0.2) is 0 Å². The molecule has 1 amide bonds. The van der Waals surface area contributed by atoms with E-state index in [4.69, 9.17) is 0 Å². The molecule has 1 aliphatic rings. The Morgan fingerprint density at radius 3 is 2.81 bits per heavy atom. The largest absolute Gasteiger partial charge is 0.416 e. The second-order valence-corrected chi connectivity index (χ2v) is 3.52. The first kappa shape index (κ1) is 13.2. The molecular weight excluding hydrogens is 225 g/mol. The zero-order valence-corrected chi connectivity index (χ0v) is 9.01. The molecule has 1 rings (SSSR count). The van der Waals surface area contributed by atoms with Crippen molar-refractivity contribution in [1.82, 2.24) is 10.2 Å². The molecule has 0 radical (unpaired) electrons. The van der Waals surface area contributed by atoms with Crippen LogP contribution in [-0.4, -0.2) is 55.9 Å². The number of likely N-dealkylation sites (N-methyl/N-ethyl adjacent to an activating group) is 1. The molecule has 0 bridgehead atoms. The maximum Gasteiger partial charge on any atom is 0.416 e. The molecule has 1 N–H and O–H groups in total. The van der Waals surface area contributed by atoms with Crippen LogP contribution in [0.1, 0.15) is 6.92 Å². The smallest absolute Gasteiger partial charge is 0.365 e. The highest BCUT2D eigenvalue weighted by Crippen LogP contribution is 2.25. The summed E-state index contributed by atoms with van der Waals surface area (Å²) in [4.78, 5) is 12.7. The van der Waals surface area contributed by atoms with Gasteiger partial charge in [-0.3, -0.25) is 4.79 Å². The molecule has 1 atom stereocenters. The fourth-order valence-corrected chi connectivity index (χ4v) is 1.42. The van der Waals surface area contributed by atoms with E-state index in [0.717, 1.165) is 0 Å². The molecule has 1 heterocycles. The fourth-order valence-electron chi connectivity index (χ4n) is 1.42. The van der Waals surface area contributed by atoms with Crippen LogP contribution in [0.5, 0.6) is 0 Å². The third-order valence-electron chi connectivity index (χ3n) is 2.31. The van der Waals surface area contributed by atoms with Crippen molar-refractivity contribution in [3.05, 3.63) is 0 Å². The lowest BCUT2D eigenvalue weighted by Crippen LogP contribution is -2.52. The number of hydrogen-bond donors (Lipinski definition) is 1. The summed E-state index contributed by atoms with van der Waals surface area (Å²) in [5.41, 5.74) is 0. The van der Waals surface area contributed by atoms with Gasteiger partial charge in [0.1, 0.15) is 0 Å². The van der Waals surface area contributed by atoms with Crippen molar-refractivity contribution in [1.29, 1.82) is 0 Å². The Morgan fingerprint density at radius 2 is 2.25 bits per heavy atom. The van der Waals surface area contributed by atoms with Crippen LogP contribution in [0.2, 0.25) is 0 Å². The highest BCUT2D eigenvalue weighted by molar-refractivity contribution is 5.78. The number of rotatable bonds is 3. The SMILES string of the molecule is CCNCC(=O)N1CCO[C@@H](C(F)(F)F)C1. The van der Waals surface area contributed by atoms with Crippen molar-refractivity contribution in [2.75, 3.05) is 32.8 Å². The first-order chi connectivity index (χ1) is 7.45. The minimum atomic E-state index is -4.41. The molecule has 1 fully saturated rings. The Labute approximate surface area is 91.7 Å². The number of morpholine rings is 1. The summed E-state index contributed by atoms with van der Waals surface area (Å²) in [6.45, 7) is 2.25. The van der Waals surface area contributed by atoms with E-state index in [2.05, 4.69) is 10.1 Å². The standard InChI is InChI=1S/C9H15F3N2O2/c1-2-13-5-8(15)14-3-4-16-7(6-14)9(10,11)12/h7,13H,2-6H2,1H3/t7-/m1/s1. The van der Waals surface area contributed by atoms with E-state index < -0.39 is 18.8 Å². The maximum atomic E-state index is 12.4. The van der Waals surface area contributed by atoms with Gasteiger partial charge in [-0.15, -0.1) is 0 Å². The molecule has 0 aromatic heterocycles. The molecule has 0 aliphatic carbocycles. The fraction of sp³-hybridized carbons (Fsp3) is 0.889. The Bertz CT molecular complexity index is 245. The van der Waals surface area contributed by atoms with E-state index in [0.29, 0.717) is 6.54 Å². The van der Waals surface area contributed by atoms with Gasteiger partial charge in [0, 0.05) is 6.54 Å². The lowest BCUT2D eigenvalue weighted by molar-refractivity contribution is -0.236. The van der Waals surface area contributed by atoms with E-state index in [1.165, 1.54) is 4.90 Å². The second kappa shape index (κ2) is 5.49. The van der Waals surface area contributed by atoms with Crippen molar-refractivity contribution >= 4 is 5.91 Å². The van der Waals surface area contributed by atoms with Crippen molar-refractivity contribution < 1.29 is 22.7 Å². The predicted octanol–water partition coefficient (Wildman–Crippen LogP) is 0.386. The molecule has 4 nitrogen and oxygen atoms in total. The average molecular weight is 240 g/mol. The van der Waals surface area contributed by atoms with Crippen molar-refractivity contribution in [3.8, 4) is 0 Å². The molecule has 0 spiro atoms. The van der Waals surface area contributed by atoms with Crippen molar-refractivity contribution in [2.24, 2.45) is 0 Å². The Balaban J connectivity index is 2.47. The number of halogens is 3. The average Bonchev–Trinajstić information content (AvgIpc) is 2.25. The van der Waals surface area contributed by atoms with Gasteiger partial charge in [0.25, 0.3) is 0 Å². The summed E-state index contributed by atoms with van der Waals surface area (Å²) in [6.07, 6.45) is -6.26. The Hall–Kier alpha value is -0.820. The van der Waals surface area contributed by atoms with Crippen LogP contribution in [0.4, 0.5) is 13.2 Å². The topological polar surface area (TPSA) is 41.6 Å². The third kappa shape index (κ3) is 3.64. The number of nitrogens with zero attached hydrogens (tertiary/aromatic N) is 1. The molecule has 94 valence electrons. The van der Waals surface area contributed by atoms with Gasteiger partial charge in [-0.25, -0.2) is 0 Å². The van der Waals surface area contributed by atoms with Gasteiger partial charge in [-0.2, -0.15) is 13.2 Å². The highest BCUT2D eigenvalue weighted by Gasteiger charge is 2.44. The number of carbonyl (C=O) groups excluding carboxylic acids is 1. The van der Waals surface area contributed by atoms with Gasteiger partial charge < -0.3 is 15.0 Å². The van der Waals surface area contributed by atoms with E-state index in [1.54, 1.807) is 0 Å². The van der Waals surface area contributed by atoms with Crippen LogP contribution in [0.3, 0.4) is 0 Å². The van der Waals surface area contributed by atoms with Crippen LogP contribution >= 0.6 is 0 Å². The van der Waals surface area contributed by atoms with Gasteiger partial charge >= 0.3 is 6.18 Å². The minimum Gasteiger partial charge on any atom is -0.365 e. The van der Waals surface area contributed by atoms with E-state index in [1.807, 2.05) is 6.92 Å². The van der Waals surface area contributed by atoms with Gasteiger partial charge in [0.05, 0.1) is 19.7 Å². The predicted molar refractivity (Wildman–Crippen MR) is 50.9 cm³/mol. The number of ether oxygens (including phenoxy) is 1. The molecule has 0 unspecified atom stereocenters. The van der Waals surface area contributed by atoms with E-state index in [9.17, 15) is 18.0 Å². The van der Waals surface area contributed by atoms with Crippen LogP contribution in [0.25, 0.3) is 0 Å². The molecule has 16 heavy (non-hydrogen) atoms. The lowest BCUT2D eigenvalue weighted by Gasteiger charge is -2.33. The minimum absolute atomic E-state index is 0.0674. The first-order valence-electron chi connectivity index (χ1n) is 5.12. The zero-order valence-electron chi connectivity index (χ0n) is 9.01. The Kier molecular flexibility index (Phi) is 4.55. The summed E-state index contributed by atoms with van der Waals surface area (Å²) in [5, 5.41) is 2.79. The summed E-state index contributed by atoms with van der Waals surface area (Å²) >= 11 is 0. The highest BCUT2D eigenvalue weighted by atomic mass is 19.4. The van der Waals surface area contributed by atoms with Crippen LogP contribution < -0.4 is 5.32 Å². The quantitative estimate of drug-likeness (QED) is 0.775. The number of carbonyl (C=O) groups is 1. The normalized spacial score (nSPS) is 22.2. The maximum absolute atomic E-state index is 12.4. The van der Waals surface area contributed by atoms with Gasteiger partial charge in [-0.05, 0) is 6.54 Å². The molecular formula is C9H15F3N2O2. The third-order valence-corrected chi connectivity index (χ3v) is 2.31. The lowest BCUT2D eigenvalue weighted by atomic mass is 10.2. The van der Waals surface area contributed by atoms with E-state index in [-0.39, 0.29) is 25.6 Å². The summed E-state index contributed by atoms with van der Waals surface area (Å²) in [6, 6.07) is 0. The molecule has 7 heteroatoms. The van der Waals surface area contributed by atoms with Crippen molar-refractivity contribution in [3.63, 3.8) is 0 Å². The van der Waals surface area contributed by atoms with Crippen LogP contribution in [0, 0.1) is 0 Å². The molecule has 1 saturated heterocycles. The first-order valence-corrected chi connectivity index (χ1v) is 5.12. The Morgan fingerprint density at radius 1 is 1.56 bits per heavy atom. The second-order valence-electron chi connectivity index (χ2n) is 3.52. The number of nitrogens with one attached hydrogen (secondary N) is 1. The zero-order chi connectivity index (χ0) is 12.2. The molecule has 1 aliphatic heterocycles. The van der Waals surface area contributed by atoms with Crippen molar-refractivity contribution in [2.45, 2.75) is 19.2 Å². The number of alkyl halides is 3.